The summed E-state index contributed by atoms with van der Waals surface area (Å²) in [4.78, 5) is 18.7. The Labute approximate surface area is 254 Å². The number of likely N-dealkylation sites (tertiary alicyclic amines) is 1. The fraction of sp³-hybridized carbons (Fsp3) is 0.424. The molecule has 41 heavy (non-hydrogen) atoms. The first-order valence-corrected chi connectivity index (χ1v) is 15.4. The van der Waals surface area contributed by atoms with Gasteiger partial charge in [0.05, 0.1) is 0 Å². The van der Waals surface area contributed by atoms with Crippen LogP contribution in [0.4, 0.5) is 11.4 Å². The van der Waals surface area contributed by atoms with Crippen molar-refractivity contribution in [2.24, 2.45) is 5.92 Å². The quantitative estimate of drug-likeness (QED) is 0.302. The van der Waals surface area contributed by atoms with Crippen molar-refractivity contribution >= 4 is 40.5 Å². The van der Waals surface area contributed by atoms with Gasteiger partial charge >= 0.3 is 0 Å². The van der Waals surface area contributed by atoms with E-state index in [1.165, 1.54) is 16.8 Å². The second-order valence-corrected chi connectivity index (χ2v) is 12.4. The van der Waals surface area contributed by atoms with Crippen LogP contribution in [0.3, 0.4) is 0 Å². The highest BCUT2D eigenvalue weighted by Crippen LogP contribution is 2.30. The Morgan fingerprint density at radius 1 is 0.829 bits per heavy atom. The van der Waals surface area contributed by atoms with E-state index < -0.39 is 0 Å². The normalized spacial score (nSPS) is 17.0. The number of nitrogens with one attached hydrogen (secondary N) is 2. The van der Waals surface area contributed by atoms with Crippen molar-refractivity contribution in [2.45, 2.75) is 32.9 Å². The molecule has 1 amide bonds. The van der Waals surface area contributed by atoms with Gasteiger partial charge in [-0.15, -0.1) is 0 Å². The van der Waals surface area contributed by atoms with E-state index in [4.69, 9.17) is 23.2 Å². The predicted molar refractivity (Wildman–Crippen MR) is 172 cm³/mol. The van der Waals surface area contributed by atoms with E-state index >= 15 is 0 Å². The van der Waals surface area contributed by atoms with Gasteiger partial charge in [-0.05, 0) is 116 Å². The second kappa shape index (κ2) is 13.9. The predicted octanol–water partition coefficient (Wildman–Crippen LogP) is 6.37. The Bertz CT molecular complexity index is 1300. The summed E-state index contributed by atoms with van der Waals surface area (Å²) < 4.78 is 0. The Kier molecular flexibility index (Phi) is 10.1. The molecule has 2 saturated heterocycles. The fourth-order valence-electron chi connectivity index (χ4n) is 5.80. The number of hydrogen-bond acceptors (Lipinski definition) is 5. The summed E-state index contributed by atoms with van der Waals surface area (Å²) in [5.41, 5.74) is 7.04. The van der Waals surface area contributed by atoms with Crippen molar-refractivity contribution in [2.75, 3.05) is 63.1 Å². The summed E-state index contributed by atoms with van der Waals surface area (Å²) >= 11 is 12.7. The van der Waals surface area contributed by atoms with Gasteiger partial charge < -0.3 is 20.4 Å². The molecule has 2 heterocycles. The molecule has 2 aliphatic heterocycles. The van der Waals surface area contributed by atoms with Gasteiger partial charge in [-0.3, -0.25) is 9.69 Å². The summed E-state index contributed by atoms with van der Waals surface area (Å²) in [5.74, 6) is 0.606. The van der Waals surface area contributed by atoms with E-state index in [1.807, 2.05) is 12.1 Å². The molecule has 0 unspecified atom stereocenters. The van der Waals surface area contributed by atoms with Crippen LogP contribution in [-0.2, 0) is 17.9 Å². The molecule has 8 heteroatoms. The van der Waals surface area contributed by atoms with Gasteiger partial charge in [0.1, 0.15) is 0 Å². The number of halogens is 2. The summed E-state index contributed by atoms with van der Waals surface area (Å²) in [7, 11) is 2.18. The van der Waals surface area contributed by atoms with Crippen molar-refractivity contribution in [3.8, 4) is 11.1 Å². The maximum atomic E-state index is 11.3. The van der Waals surface area contributed by atoms with Crippen molar-refractivity contribution in [3.63, 3.8) is 0 Å². The van der Waals surface area contributed by atoms with Gasteiger partial charge in [0, 0.05) is 74.2 Å². The lowest BCUT2D eigenvalue weighted by atomic mass is 9.95. The Morgan fingerprint density at radius 3 is 2.12 bits per heavy atom. The van der Waals surface area contributed by atoms with Crippen LogP contribution in [0.1, 0.15) is 30.9 Å². The Balaban J connectivity index is 1.28. The highest BCUT2D eigenvalue weighted by atomic mass is 35.5. The van der Waals surface area contributed by atoms with Crippen LogP contribution in [0.2, 0.25) is 10.0 Å². The largest absolute Gasteiger partial charge is 0.381 e. The van der Waals surface area contributed by atoms with Crippen molar-refractivity contribution < 1.29 is 4.79 Å². The van der Waals surface area contributed by atoms with Gasteiger partial charge in [0.2, 0.25) is 5.91 Å². The number of carbonyl (C=O) groups is 1. The van der Waals surface area contributed by atoms with Crippen LogP contribution in [-0.4, -0.2) is 68.6 Å². The third-order valence-electron chi connectivity index (χ3n) is 8.23. The minimum Gasteiger partial charge on any atom is -0.381 e. The number of hydrogen-bond donors (Lipinski definition) is 2. The molecular formula is C33H41Cl2N5O. The van der Waals surface area contributed by atoms with E-state index in [2.05, 4.69) is 74.8 Å². The Hall–Kier alpha value is -2.77. The highest BCUT2D eigenvalue weighted by molar-refractivity contribution is 6.35. The zero-order chi connectivity index (χ0) is 28.8. The lowest BCUT2D eigenvalue weighted by molar-refractivity contribution is -0.119. The Morgan fingerprint density at radius 2 is 1.46 bits per heavy atom. The van der Waals surface area contributed by atoms with E-state index in [0.29, 0.717) is 16.0 Å². The zero-order valence-electron chi connectivity index (χ0n) is 24.1. The second-order valence-electron chi connectivity index (χ2n) is 11.5. The first kappa shape index (κ1) is 29.7. The molecule has 3 aromatic carbocycles. The molecule has 2 N–H and O–H groups in total. The van der Waals surface area contributed by atoms with Crippen LogP contribution < -0.4 is 15.5 Å². The highest BCUT2D eigenvalue weighted by Gasteiger charge is 2.20. The SMILES string of the molecule is CC(=O)NCC1CCN(Cc2cc(CNc3ccc(N4CCN(C)CC4)cc3)cc(-c3cc(Cl)cc(Cl)c3)c2)CC1. The summed E-state index contributed by atoms with van der Waals surface area (Å²) in [6.45, 7) is 10.4. The molecular weight excluding hydrogens is 553 g/mol. The minimum atomic E-state index is 0.0532. The molecule has 6 nitrogen and oxygen atoms in total. The minimum absolute atomic E-state index is 0.0532. The smallest absolute Gasteiger partial charge is 0.216 e. The van der Waals surface area contributed by atoms with Gasteiger partial charge in [-0.25, -0.2) is 0 Å². The molecule has 0 bridgehead atoms. The molecule has 0 atom stereocenters. The van der Waals surface area contributed by atoms with Gasteiger partial charge in [0.25, 0.3) is 0 Å². The van der Waals surface area contributed by atoms with Crippen molar-refractivity contribution in [1.29, 1.82) is 0 Å². The zero-order valence-corrected chi connectivity index (χ0v) is 25.6. The topological polar surface area (TPSA) is 50.9 Å². The number of amides is 1. The average molecular weight is 595 g/mol. The molecule has 0 saturated carbocycles. The number of likely N-dealkylation sites (N-methyl/N-ethyl adjacent to an activating group) is 1. The lowest BCUT2D eigenvalue weighted by Crippen LogP contribution is -2.44. The van der Waals surface area contributed by atoms with Crippen molar-refractivity contribution in [3.05, 3.63) is 81.8 Å². The molecule has 2 fully saturated rings. The monoisotopic (exact) mass is 593 g/mol. The van der Waals surface area contributed by atoms with Crippen LogP contribution in [0.25, 0.3) is 11.1 Å². The van der Waals surface area contributed by atoms with Crippen molar-refractivity contribution in [1.82, 2.24) is 15.1 Å². The third kappa shape index (κ3) is 8.62. The average Bonchev–Trinajstić information content (AvgIpc) is 2.96. The molecule has 5 rings (SSSR count). The molecule has 0 spiro atoms. The summed E-state index contributed by atoms with van der Waals surface area (Å²) in [5, 5.41) is 7.89. The first-order chi connectivity index (χ1) is 19.8. The molecule has 0 aliphatic carbocycles. The van der Waals surface area contributed by atoms with Crippen LogP contribution in [0, 0.1) is 5.92 Å². The maximum Gasteiger partial charge on any atom is 0.216 e. The van der Waals surface area contributed by atoms with Gasteiger partial charge in [-0.2, -0.15) is 0 Å². The number of piperidine rings is 1. The standard InChI is InChI=1S/C33H41Cl2N5O/c1-24(41)36-21-25-7-9-39(10-8-25)23-27-15-26(16-28(17-27)29-18-30(34)20-31(35)19-29)22-37-32-3-5-33(6-4-32)40-13-11-38(2)12-14-40/h3-6,15-20,25,37H,7-14,21-23H2,1-2H3,(H,36,41). The number of carbonyl (C=O) groups excluding carboxylic acids is 1. The number of rotatable bonds is 9. The fourth-order valence-corrected chi connectivity index (χ4v) is 6.32. The van der Waals surface area contributed by atoms with E-state index in [-0.39, 0.29) is 5.91 Å². The van der Waals surface area contributed by atoms with E-state index in [9.17, 15) is 4.79 Å². The molecule has 0 aromatic heterocycles. The van der Waals surface area contributed by atoms with Crippen LogP contribution >= 0.6 is 23.2 Å². The van der Waals surface area contributed by atoms with E-state index in [1.54, 1.807) is 13.0 Å². The molecule has 3 aromatic rings. The molecule has 218 valence electrons. The summed E-state index contributed by atoms with van der Waals surface area (Å²) in [6, 6.07) is 21.3. The molecule has 2 aliphatic rings. The number of nitrogens with zero attached hydrogens (tertiary/aromatic N) is 3. The third-order valence-corrected chi connectivity index (χ3v) is 8.67. The van der Waals surface area contributed by atoms with Crippen LogP contribution in [0.5, 0.6) is 0 Å². The number of piperazine rings is 1. The van der Waals surface area contributed by atoms with Crippen LogP contribution in [0.15, 0.2) is 60.7 Å². The first-order valence-electron chi connectivity index (χ1n) is 14.6. The van der Waals surface area contributed by atoms with Gasteiger partial charge in [0.15, 0.2) is 0 Å². The summed E-state index contributed by atoms with van der Waals surface area (Å²) in [6.07, 6.45) is 2.20. The lowest BCUT2D eigenvalue weighted by Gasteiger charge is -2.34. The van der Waals surface area contributed by atoms with E-state index in [0.717, 1.165) is 88.6 Å². The molecule has 0 radical (unpaired) electrons. The number of benzene rings is 3. The number of anilines is 2. The van der Waals surface area contributed by atoms with Gasteiger partial charge in [-0.1, -0.05) is 29.3 Å². The maximum absolute atomic E-state index is 11.3.